The van der Waals surface area contributed by atoms with Crippen LogP contribution in [0, 0.1) is 29.1 Å². The van der Waals surface area contributed by atoms with Gasteiger partial charge in [0, 0.05) is 5.54 Å². The van der Waals surface area contributed by atoms with Crippen LogP contribution in [-0.4, -0.2) is 11.4 Å². The number of hydrogen-bond donors (Lipinski definition) is 2. The van der Waals surface area contributed by atoms with Crippen molar-refractivity contribution in [3.05, 3.63) is 11.6 Å². The van der Waals surface area contributed by atoms with Crippen molar-refractivity contribution in [3.63, 3.8) is 0 Å². The highest BCUT2D eigenvalue weighted by atomic mass is 16.1. The van der Waals surface area contributed by atoms with Crippen molar-refractivity contribution in [2.24, 2.45) is 40.6 Å². The zero-order valence-corrected chi connectivity index (χ0v) is 13.8. The second kappa shape index (κ2) is 4.83. The van der Waals surface area contributed by atoms with Gasteiger partial charge in [0.25, 0.3) is 0 Å². The molecule has 1 amide bonds. The molecule has 0 saturated heterocycles. The Morgan fingerprint density at radius 3 is 2.77 bits per heavy atom. The third kappa shape index (κ3) is 1.81. The van der Waals surface area contributed by atoms with Gasteiger partial charge in [-0.3, -0.25) is 4.79 Å². The van der Waals surface area contributed by atoms with Crippen LogP contribution in [0.4, 0.5) is 0 Å². The van der Waals surface area contributed by atoms with Gasteiger partial charge < -0.3 is 11.5 Å². The molecule has 0 aromatic heterocycles. The van der Waals surface area contributed by atoms with Crippen LogP contribution in [0.15, 0.2) is 11.6 Å². The summed E-state index contributed by atoms with van der Waals surface area (Å²) in [6, 6.07) is 0. The predicted octanol–water partition coefficient (Wildman–Crippen LogP) is 3.13. The molecule has 0 aromatic rings. The van der Waals surface area contributed by atoms with E-state index in [-0.39, 0.29) is 17.4 Å². The molecule has 122 valence electrons. The predicted molar refractivity (Wildman–Crippen MR) is 87.8 cm³/mol. The Morgan fingerprint density at radius 1 is 1.18 bits per heavy atom. The van der Waals surface area contributed by atoms with E-state index in [4.69, 9.17) is 11.5 Å². The fourth-order valence-corrected chi connectivity index (χ4v) is 6.83. The summed E-state index contributed by atoms with van der Waals surface area (Å²) in [5.74, 6) is 1.69. The number of carbonyl (C=O) groups is 1. The molecule has 22 heavy (non-hydrogen) atoms. The summed E-state index contributed by atoms with van der Waals surface area (Å²) in [6.45, 7) is 2.51. The van der Waals surface area contributed by atoms with Gasteiger partial charge in [-0.15, -0.1) is 0 Å². The smallest absolute Gasteiger partial charge is 0.222 e. The van der Waals surface area contributed by atoms with Crippen LogP contribution < -0.4 is 11.5 Å². The van der Waals surface area contributed by atoms with Gasteiger partial charge >= 0.3 is 0 Å². The van der Waals surface area contributed by atoms with E-state index in [1.54, 1.807) is 5.57 Å². The van der Waals surface area contributed by atoms with Crippen molar-refractivity contribution in [2.45, 2.75) is 70.3 Å². The minimum atomic E-state index is -0.316. The number of nitrogens with two attached hydrogens (primary N) is 2. The second-order valence-corrected chi connectivity index (χ2v) is 8.65. The summed E-state index contributed by atoms with van der Waals surface area (Å²) in [4.78, 5) is 11.8. The minimum absolute atomic E-state index is 0.0945. The fourth-order valence-electron chi connectivity index (χ4n) is 6.83. The first-order valence-corrected chi connectivity index (χ1v) is 9.24. The average molecular weight is 302 g/mol. The van der Waals surface area contributed by atoms with E-state index in [0.717, 1.165) is 25.2 Å². The Hall–Kier alpha value is -0.830. The maximum atomic E-state index is 11.8. The summed E-state index contributed by atoms with van der Waals surface area (Å²) in [7, 11) is 0. The lowest BCUT2D eigenvalue weighted by Gasteiger charge is -2.57. The highest BCUT2D eigenvalue weighted by Crippen LogP contribution is 2.62. The van der Waals surface area contributed by atoms with E-state index in [0.29, 0.717) is 17.3 Å². The Kier molecular flexibility index (Phi) is 3.24. The summed E-state index contributed by atoms with van der Waals surface area (Å²) < 4.78 is 0. The maximum absolute atomic E-state index is 11.8. The first-order valence-electron chi connectivity index (χ1n) is 9.24. The lowest BCUT2D eigenvalue weighted by molar-refractivity contribution is -0.124. The minimum Gasteiger partial charge on any atom is -0.369 e. The van der Waals surface area contributed by atoms with Crippen molar-refractivity contribution in [3.8, 4) is 0 Å². The van der Waals surface area contributed by atoms with Crippen molar-refractivity contribution in [1.29, 1.82) is 0 Å². The number of fused-ring (bicyclic) bond motifs is 5. The van der Waals surface area contributed by atoms with Gasteiger partial charge in [0.2, 0.25) is 5.91 Å². The molecule has 0 bridgehead atoms. The Morgan fingerprint density at radius 2 is 2.00 bits per heavy atom. The zero-order valence-electron chi connectivity index (χ0n) is 13.8. The third-order valence-corrected chi connectivity index (χ3v) is 7.95. The van der Waals surface area contributed by atoms with Crippen LogP contribution in [0.2, 0.25) is 0 Å². The molecule has 4 aliphatic rings. The molecular weight excluding hydrogens is 272 g/mol. The highest BCUT2D eigenvalue weighted by Gasteiger charge is 2.59. The topological polar surface area (TPSA) is 69.1 Å². The van der Waals surface area contributed by atoms with Gasteiger partial charge in [-0.1, -0.05) is 25.0 Å². The molecule has 3 saturated carbocycles. The van der Waals surface area contributed by atoms with Crippen molar-refractivity contribution >= 4 is 5.91 Å². The van der Waals surface area contributed by atoms with E-state index in [9.17, 15) is 4.79 Å². The van der Waals surface area contributed by atoms with Gasteiger partial charge in [-0.05, 0) is 74.5 Å². The van der Waals surface area contributed by atoms with E-state index in [2.05, 4.69) is 13.0 Å². The maximum Gasteiger partial charge on any atom is 0.222 e. The molecule has 0 heterocycles. The lowest BCUT2D eigenvalue weighted by Crippen LogP contribution is -2.60. The van der Waals surface area contributed by atoms with E-state index < -0.39 is 0 Å². The van der Waals surface area contributed by atoms with Gasteiger partial charge in [0.15, 0.2) is 0 Å². The Labute approximate surface area is 133 Å². The number of primary amides is 1. The SMILES string of the molecule is C[C@]12CCCCC1=CC[C@H]1[C@@H]3CC[C@H](C(N)=O)[C@@]3(N)CC[C@@H]12. The molecule has 3 fully saturated rings. The monoisotopic (exact) mass is 302 g/mol. The molecule has 6 atom stereocenters. The molecule has 0 spiro atoms. The number of hydrogen-bond acceptors (Lipinski definition) is 2. The van der Waals surface area contributed by atoms with Crippen LogP contribution in [0.5, 0.6) is 0 Å². The van der Waals surface area contributed by atoms with Gasteiger partial charge in [0.1, 0.15) is 0 Å². The molecule has 4 aliphatic carbocycles. The molecule has 0 aliphatic heterocycles. The summed E-state index contributed by atoms with van der Waals surface area (Å²) in [6.07, 6.45) is 13.3. The summed E-state index contributed by atoms with van der Waals surface area (Å²) >= 11 is 0. The van der Waals surface area contributed by atoms with Crippen molar-refractivity contribution in [1.82, 2.24) is 0 Å². The first kappa shape index (κ1) is 14.7. The van der Waals surface area contributed by atoms with Crippen molar-refractivity contribution in [2.75, 3.05) is 0 Å². The summed E-state index contributed by atoms with van der Waals surface area (Å²) in [5.41, 5.74) is 14.3. The Balaban J connectivity index is 1.68. The second-order valence-electron chi connectivity index (χ2n) is 8.65. The van der Waals surface area contributed by atoms with Crippen LogP contribution in [0.1, 0.15) is 64.7 Å². The Bertz CT molecular complexity index is 528. The highest BCUT2D eigenvalue weighted by molar-refractivity contribution is 5.78. The molecule has 0 aromatic carbocycles. The molecule has 0 unspecified atom stereocenters. The van der Waals surface area contributed by atoms with Gasteiger partial charge in [-0.25, -0.2) is 0 Å². The van der Waals surface area contributed by atoms with E-state index in [1.165, 1.54) is 38.5 Å². The lowest BCUT2D eigenvalue weighted by atomic mass is 9.49. The van der Waals surface area contributed by atoms with Crippen LogP contribution in [-0.2, 0) is 4.79 Å². The average Bonchev–Trinajstić information content (AvgIpc) is 2.84. The number of rotatable bonds is 1. The summed E-state index contributed by atoms with van der Waals surface area (Å²) in [5, 5.41) is 0. The van der Waals surface area contributed by atoms with Gasteiger partial charge in [-0.2, -0.15) is 0 Å². The largest absolute Gasteiger partial charge is 0.369 e. The quantitative estimate of drug-likeness (QED) is 0.731. The van der Waals surface area contributed by atoms with Crippen molar-refractivity contribution < 1.29 is 4.79 Å². The standard InChI is InChI=1S/C19H30N2O/c1-18-10-3-2-4-12(18)5-6-13-14(18)9-11-19(21)15(13)7-8-16(19)17(20)22/h5,13-16H,2-4,6-11,21H2,1H3,(H2,20,22)/t13-,14+,15+,16-,18+,19-/m1/s1. The van der Waals surface area contributed by atoms with E-state index in [1.807, 2.05) is 0 Å². The first-order chi connectivity index (χ1) is 10.5. The zero-order chi connectivity index (χ0) is 15.5. The van der Waals surface area contributed by atoms with Crippen LogP contribution in [0.25, 0.3) is 0 Å². The molecule has 4 N–H and O–H groups in total. The normalized spacial score (nSPS) is 50.5. The number of allylic oxidation sites excluding steroid dienone is 2. The number of amides is 1. The van der Waals surface area contributed by atoms with Gasteiger partial charge in [0.05, 0.1) is 5.92 Å². The number of carbonyl (C=O) groups excluding carboxylic acids is 1. The molecule has 0 radical (unpaired) electrons. The third-order valence-electron chi connectivity index (χ3n) is 7.95. The van der Waals surface area contributed by atoms with Crippen LogP contribution >= 0.6 is 0 Å². The molecule has 3 heteroatoms. The van der Waals surface area contributed by atoms with Crippen LogP contribution in [0.3, 0.4) is 0 Å². The van der Waals surface area contributed by atoms with E-state index >= 15 is 0 Å². The fraction of sp³-hybridized carbons (Fsp3) is 0.842. The molecule has 3 nitrogen and oxygen atoms in total. The molecule has 4 rings (SSSR count). The molecular formula is C19H30N2O.